The van der Waals surface area contributed by atoms with Gasteiger partial charge in [-0.3, -0.25) is 14.2 Å². The fourth-order valence-corrected chi connectivity index (χ4v) is 3.77. The monoisotopic (exact) mass is 476 g/mol. The molecule has 0 aliphatic carbocycles. The molecule has 3 rings (SSSR count). The van der Waals surface area contributed by atoms with Gasteiger partial charge in [0.05, 0.1) is 24.8 Å². The summed E-state index contributed by atoms with van der Waals surface area (Å²) in [6.07, 6.45) is -0.476. The molecule has 0 aliphatic heterocycles. The first-order chi connectivity index (χ1) is 14.0. The van der Waals surface area contributed by atoms with Gasteiger partial charge >= 0.3 is 0 Å². The van der Waals surface area contributed by atoms with Gasteiger partial charge in [0, 0.05) is 27.1 Å². The molecule has 0 saturated heterocycles. The normalized spacial score (nSPS) is 12.7. The van der Waals surface area contributed by atoms with Crippen molar-refractivity contribution in [2.45, 2.75) is 12.5 Å². The summed E-state index contributed by atoms with van der Waals surface area (Å²) < 4.78 is 3.71. The van der Waals surface area contributed by atoms with E-state index in [9.17, 15) is 9.90 Å². The summed E-state index contributed by atoms with van der Waals surface area (Å²) in [4.78, 5) is 16.9. The molecule has 2 aromatic carbocycles. The minimum absolute atomic E-state index is 0.0588. The fraction of sp³-hybridized carbons (Fsp3) is 0.200. The Bertz CT molecular complexity index is 1030. The molecule has 0 spiro atoms. The summed E-state index contributed by atoms with van der Waals surface area (Å²) in [6, 6.07) is 15.8. The third-order valence-corrected chi connectivity index (χ3v) is 5.57. The molecule has 0 aliphatic rings. The smallest absolute Gasteiger partial charge is 0.269 e. The molecule has 152 valence electrons. The largest absolute Gasteiger partial charge is 0.394 e. The van der Waals surface area contributed by atoms with Gasteiger partial charge in [0.15, 0.2) is 0 Å². The molecular formula is C20H21BrN4O3S. The number of hydrogen-bond acceptors (Lipinski definition) is 6. The van der Waals surface area contributed by atoms with Crippen LogP contribution in [-0.2, 0) is 6.42 Å². The summed E-state index contributed by atoms with van der Waals surface area (Å²) >= 11 is 4.63. The van der Waals surface area contributed by atoms with E-state index < -0.39 is 12.7 Å². The molecule has 3 aromatic rings. The molecule has 1 atom stereocenters. The number of halogens is 1. The lowest BCUT2D eigenvalue weighted by molar-refractivity contribution is 0.102. The first-order valence-corrected chi connectivity index (χ1v) is 10.5. The standard InChI is InChI=1S/C20H21BrN4O3S/c21-13-3-7-15(8-4-13)24-14-5-1-12(2-6-14)9-17-18(20(28)25-29-17)19(22)23-10-16(27)11-26/h1-8,16,24,26-27H,9-11H2,(H2,22,23)(H,25,28). The number of aliphatic hydroxyl groups excluding tert-OH is 2. The molecule has 0 fully saturated rings. The van der Waals surface area contributed by atoms with Crippen LogP contribution in [0.15, 0.2) is 62.8 Å². The second-order valence-electron chi connectivity index (χ2n) is 6.40. The number of nitrogens with two attached hydrogens (primary N) is 1. The quantitative estimate of drug-likeness (QED) is 0.252. The SMILES string of the molecule is NC(=NCC(O)CO)c1c(Cc2ccc(Nc3ccc(Br)cc3)cc2)s[nH]c1=O. The molecule has 1 aromatic heterocycles. The Morgan fingerprint density at radius 3 is 2.41 bits per heavy atom. The zero-order valence-corrected chi connectivity index (χ0v) is 17.8. The maximum atomic E-state index is 12.1. The number of benzene rings is 2. The predicted octanol–water partition coefficient (Wildman–Crippen LogP) is 2.59. The average molecular weight is 477 g/mol. The molecule has 9 heteroatoms. The maximum absolute atomic E-state index is 12.1. The number of amidine groups is 1. The maximum Gasteiger partial charge on any atom is 0.269 e. The van der Waals surface area contributed by atoms with Crippen molar-refractivity contribution >= 4 is 44.7 Å². The van der Waals surface area contributed by atoms with Gasteiger partial charge in [-0.05, 0) is 42.0 Å². The summed E-state index contributed by atoms with van der Waals surface area (Å²) in [5.74, 6) is 0.0588. The van der Waals surface area contributed by atoms with Crippen LogP contribution in [0.1, 0.15) is 16.0 Å². The van der Waals surface area contributed by atoms with Gasteiger partial charge in [-0.15, -0.1) is 0 Å². The fourth-order valence-electron chi connectivity index (χ4n) is 2.65. The number of hydrogen-bond donors (Lipinski definition) is 5. The second-order valence-corrected chi connectivity index (χ2v) is 8.22. The van der Waals surface area contributed by atoms with Crippen LogP contribution >= 0.6 is 27.5 Å². The van der Waals surface area contributed by atoms with Gasteiger partial charge in [0.1, 0.15) is 5.84 Å². The van der Waals surface area contributed by atoms with Crippen LogP contribution in [0.3, 0.4) is 0 Å². The Balaban J connectivity index is 1.72. The Labute approximate surface area is 180 Å². The Morgan fingerprint density at radius 2 is 1.79 bits per heavy atom. The second kappa shape index (κ2) is 9.84. The summed E-state index contributed by atoms with van der Waals surface area (Å²) in [6.45, 7) is -0.474. The summed E-state index contributed by atoms with van der Waals surface area (Å²) in [5.41, 5.74) is 8.92. The predicted molar refractivity (Wildman–Crippen MR) is 120 cm³/mol. The summed E-state index contributed by atoms with van der Waals surface area (Å²) in [7, 11) is 0. The van der Waals surface area contributed by atoms with Crippen molar-refractivity contribution in [2.24, 2.45) is 10.7 Å². The number of aliphatic hydroxyl groups is 2. The Morgan fingerprint density at radius 1 is 1.17 bits per heavy atom. The average Bonchev–Trinajstić information content (AvgIpc) is 3.09. The number of aromatic nitrogens is 1. The van der Waals surface area contributed by atoms with Crippen LogP contribution in [-0.4, -0.2) is 39.7 Å². The van der Waals surface area contributed by atoms with Gasteiger partial charge in [-0.2, -0.15) is 0 Å². The van der Waals surface area contributed by atoms with Crippen LogP contribution < -0.4 is 16.6 Å². The molecule has 6 N–H and O–H groups in total. The van der Waals surface area contributed by atoms with Gasteiger partial charge in [-0.25, -0.2) is 0 Å². The highest BCUT2D eigenvalue weighted by atomic mass is 79.9. The lowest BCUT2D eigenvalue weighted by Crippen LogP contribution is -2.25. The van der Waals surface area contributed by atoms with Gasteiger partial charge in [0.25, 0.3) is 5.56 Å². The van der Waals surface area contributed by atoms with Crippen molar-refractivity contribution in [3.05, 3.63) is 79.4 Å². The van der Waals surface area contributed by atoms with Crippen molar-refractivity contribution < 1.29 is 10.2 Å². The molecule has 1 heterocycles. The molecule has 0 amide bonds. The first-order valence-electron chi connectivity index (χ1n) is 8.87. The molecule has 0 radical (unpaired) electrons. The van der Waals surface area contributed by atoms with E-state index in [0.29, 0.717) is 12.0 Å². The highest BCUT2D eigenvalue weighted by Crippen LogP contribution is 2.21. The van der Waals surface area contributed by atoms with Gasteiger partial charge in [-0.1, -0.05) is 39.6 Å². The summed E-state index contributed by atoms with van der Waals surface area (Å²) in [5, 5.41) is 21.6. The lowest BCUT2D eigenvalue weighted by atomic mass is 10.1. The first kappa shape index (κ1) is 21.3. The van der Waals surface area contributed by atoms with Crippen LogP contribution in [0.2, 0.25) is 0 Å². The lowest BCUT2D eigenvalue weighted by Gasteiger charge is -2.08. The van der Waals surface area contributed by atoms with Crippen LogP contribution in [0, 0.1) is 0 Å². The number of rotatable bonds is 8. The topological polar surface area (TPSA) is 124 Å². The number of aliphatic imine (C=N–C) groups is 1. The number of nitrogens with zero attached hydrogens (tertiary/aromatic N) is 1. The van der Waals surface area contributed by atoms with E-state index in [0.717, 1.165) is 26.3 Å². The number of H-pyrrole nitrogens is 1. The third kappa shape index (κ3) is 5.77. The van der Waals surface area contributed by atoms with Crippen LogP contribution in [0.5, 0.6) is 0 Å². The molecule has 7 nitrogen and oxygen atoms in total. The Hall–Kier alpha value is -2.46. The van der Waals surface area contributed by atoms with Crippen molar-refractivity contribution in [1.82, 2.24) is 4.37 Å². The van der Waals surface area contributed by atoms with Crippen molar-refractivity contribution in [3.8, 4) is 0 Å². The molecule has 0 bridgehead atoms. The van der Waals surface area contributed by atoms with E-state index in [4.69, 9.17) is 10.8 Å². The van der Waals surface area contributed by atoms with Gasteiger partial charge in [0.2, 0.25) is 0 Å². The van der Waals surface area contributed by atoms with E-state index in [2.05, 4.69) is 30.6 Å². The number of anilines is 2. The van der Waals surface area contributed by atoms with E-state index >= 15 is 0 Å². The number of aromatic amines is 1. The van der Waals surface area contributed by atoms with E-state index in [1.807, 2.05) is 48.5 Å². The molecule has 0 saturated carbocycles. The van der Waals surface area contributed by atoms with E-state index in [1.165, 1.54) is 11.5 Å². The zero-order chi connectivity index (χ0) is 20.8. The van der Waals surface area contributed by atoms with Crippen molar-refractivity contribution in [3.63, 3.8) is 0 Å². The molecular weight excluding hydrogens is 456 g/mol. The minimum atomic E-state index is -1.000. The molecule has 29 heavy (non-hydrogen) atoms. The van der Waals surface area contributed by atoms with Crippen LogP contribution in [0.25, 0.3) is 0 Å². The highest BCUT2D eigenvalue weighted by molar-refractivity contribution is 9.10. The molecule has 1 unspecified atom stereocenters. The van der Waals surface area contributed by atoms with Gasteiger partial charge < -0.3 is 21.3 Å². The van der Waals surface area contributed by atoms with Crippen LogP contribution in [0.4, 0.5) is 11.4 Å². The van der Waals surface area contributed by atoms with E-state index in [-0.39, 0.29) is 17.9 Å². The zero-order valence-electron chi connectivity index (χ0n) is 15.4. The Kier molecular flexibility index (Phi) is 7.21. The minimum Gasteiger partial charge on any atom is -0.394 e. The van der Waals surface area contributed by atoms with E-state index in [1.54, 1.807) is 0 Å². The van der Waals surface area contributed by atoms with Crippen molar-refractivity contribution in [1.29, 1.82) is 0 Å². The number of nitrogens with one attached hydrogen (secondary N) is 2. The highest BCUT2D eigenvalue weighted by Gasteiger charge is 2.15. The van der Waals surface area contributed by atoms with Crippen molar-refractivity contribution in [2.75, 3.05) is 18.5 Å². The third-order valence-electron chi connectivity index (χ3n) is 4.16.